The molecular weight excluding hydrogens is 808 g/mol. The van der Waals surface area contributed by atoms with Gasteiger partial charge in [0.1, 0.15) is 12.1 Å². The number of phenolic OH excluding ortho intramolecular Hbond substituents is 1. The van der Waals surface area contributed by atoms with Crippen LogP contribution in [0.5, 0.6) is 5.75 Å². The van der Waals surface area contributed by atoms with Crippen LogP contribution >= 0.6 is 0 Å². The Morgan fingerprint density at radius 2 is 1.24 bits per heavy atom. The Labute approximate surface area is 316 Å². The quantitative estimate of drug-likeness (QED) is 0.179. The summed E-state index contributed by atoms with van der Waals surface area (Å²) in [5.74, 6) is 1.01. The number of hydrogen-bond acceptors (Lipinski definition) is 4. The number of nitrogens with zero attached hydrogens (tertiary/aromatic N) is 4. The number of aromatic hydroxyl groups is 1. The Bertz CT molecular complexity index is 2390. The summed E-state index contributed by atoms with van der Waals surface area (Å²) in [5, 5.41) is 12.2. The number of hydrogen-bond donors (Lipinski definition) is 1. The van der Waals surface area contributed by atoms with E-state index in [4.69, 9.17) is 9.97 Å². The van der Waals surface area contributed by atoms with Crippen molar-refractivity contribution in [2.75, 3.05) is 0 Å². The number of benzene rings is 5. The van der Waals surface area contributed by atoms with E-state index in [9.17, 15) is 5.11 Å². The van der Waals surface area contributed by atoms with Gasteiger partial charge in [-0.25, -0.2) is 9.97 Å². The van der Waals surface area contributed by atoms with E-state index in [2.05, 4.69) is 157 Å². The molecule has 2 aromatic heterocycles. The first-order chi connectivity index (χ1) is 23.6. The van der Waals surface area contributed by atoms with E-state index in [0.717, 1.165) is 66.8 Å². The fraction of sp³-hybridized carbons (Fsp3) is 0.267. The molecule has 0 radical (unpaired) electrons. The maximum absolute atomic E-state index is 11.2. The average molecular weight is 853 g/mol. The largest absolute Gasteiger partial charge is 0.507 e. The van der Waals surface area contributed by atoms with E-state index < -0.39 is 0 Å². The summed E-state index contributed by atoms with van der Waals surface area (Å²) in [6.07, 6.45) is 3.50. The Hall–Kier alpha value is -4.60. The molecule has 5 aromatic carbocycles. The van der Waals surface area contributed by atoms with Crippen LogP contribution in [0.25, 0.3) is 61.3 Å². The Balaban J connectivity index is 0.00000448. The summed E-state index contributed by atoms with van der Waals surface area (Å²) in [4.78, 5) is 14.4. The number of para-hydroxylation sites is 1. The SMILES string of the molecule is CC(C)(C)c1ccc(-n2c(-c3[c-]c(-c4cc(C(C)(C)C)cc5cncnc45)ccc3)nc3c(-c4cc(C(C)(C)C)ccc4O)cccc32)cc1.[Pt]. The van der Waals surface area contributed by atoms with Gasteiger partial charge in [0.2, 0.25) is 0 Å². The van der Waals surface area contributed by atoms with Gasteiger partial charge in [-0.3, -0.25) is 4.98 Å². The van der Waals surface area contributed by atoms with Gasteiger partial charge < -0.3 is 9.67 Å². The van der Waals surface area contributed by atoms with Gasteiger partial charge in [0.05, 0.1) is 16.9 Å². The molecule has 0 aliphatic carbocycles. The zero-order chi connectivity index (χ0) is 35.6. The average Bonchev–Trinajstić information content (AvgIpc) is 3.47. The minimum absolute atomic E-state index is 0. The summed E-state index contributed by atoms with van der Waals surface area (Å²) in [6.45, 7) is 19.9. The normalized spacial score (nSPS) is 12.3. The summed E-state index contributed by atoms with van der Waals surface area (Å²) in [6, 6.07) is 35.3. The third kappa shape index (κ3) is 6.89. The molecule has 51 heavy (non-hydrogen) atoms. The van der Waals surface area contributed by atoms with E-state index in [0.29, 0.717) is 0 Å². The van der Waals surface area contributed by atoms with E-state index in [1.54, 1.807) is 12.4 Å². The Morgan fingerprint density at radius 3 is 1.92 bits per heavy atom. The first-order valence-corrected chi connectivity index (χ1v) is 17.3. The van der Waals surface area contributed by atoms with Crippen molar-refractivity contribution < 1.29 is 26.2 Å². The van der Waals surface area contributed by atoms with Crippen molar-refractivity contribution in [1.29, 1.82) is 0 Å². The van der Waals surface area contributed by atoms with Crippen LogP contribution in [0.15, 0.2) is 104 Å². The minimum Gasteiger partial charge on any atom is -0.507 e. The molecule has 7 aromatic rings. The van der Waals surface area contributed by atoms with E-state index >= 15 is 0 Å². The second-order valence-electron chi connectivity index (χ2n) is 16.4. The van der Waals surface area contributed by atoms with Crippen molar-refractivity contribution in [1.82, 2.24) is 19.5 Å². The van der Waals surface area contributed by atoms with E-state index in [1.807, 2.05) is 12.3 Å². The van der Waals surface area contributed by atoms with Gasteiger partial charge >= 0.3 is 0 Å². The Morgan fingerprint density at radius 1 is 0.608 bits per heavy atom. The number of rotatable bonds is 4. The van der Waals surface area contributed by atoms with Gasteiger partial charge in [-0.1, -0.05) is 110 Å². The predicted molar refractivity (Wildman–Crippen MR) is 207 cm³/mol. The second kappa shape index (κ2) is 13.2. The number of fused-ring (bicyclic) bond motifs is 2. The fourth-order valence-electron chi connectivity index (χ4n) is 6.59. The fourth-order valence-corrected chi connectivity index (χ4v) is 6.59. The van der Waals surface area contributed by atoms with Gasteiger partial charge in [0.25, 0.3) is 0 Å². The molecule has 0 spiro atoms. The first-order valence-electron chi connectivity index (χ1n) is 17.3. The van der Waals surface area contributed by atoms with E-state index in [1.165, 1.54) is 11.1 Å². The second-order valence-corrected chi connectivity index (χ2v) is 16.4. The number of imidazole rings is 1. The third-order valence-corrected chi connectivity index (χ3v) is 9.63. The van der Waals surface area contributed by atoms with Crippen LogP contribution in [-0.2, 0) is 37.3 Å². The minimum atomic E-state index is -0.0789. The molecule has 5 nitrogen and oxygen atoms in total. The van der Waals surface area contributed by atoms with Gasteiger partial charge in [0.15, 0.2) is 0 Å². The zero-order valence-electron chi connectivity index (χ0n) is 30.9. The van der Waals surface area contributed by atoms with Crippen molar-refractivity contribution in [3.05, 3.63) is 126 Å². The standard InChI is InChI=1S/C45H45N4O.Pt/c1-43(2,3)31-16-19-34(20-17-31)49-38-15-11-14-35(37-24-32(44(4,5)6)18-21-39(37)50)41(38)48-42(49)29-13-10-12-28(22-29)36-25-33(45(7,8)9)23-30-26-46-27-47-40(30)36;/h10-21,23-27,50H,1-9H3;/q-1;. The number of aromatic nitrogens is 4. The van der Waals surface area contributed by atoms with E-state index in [-0.39, 0.29) is 43.1 Å². The maximum Gasteiger partial charge on any atom is 0.123 e. The topological polar surface area (TPSA) is 63.8 Å². The first kappa shape index (κ1) is 36.2. The molecule has 0 saturated carbocycles. The molecule has 7 rings (SSSR count). The predicted octanol–water partition coefficient (Wildman–Crippen LogP) is 11.4. The van der Waals surface area contributed by atoms with Gasteiger partial charge in [0, 0.05) is 55.0 Å². The molecule has 0 bridgehead atoms. The van der Waals surface area contributed by atoms with Crippen LogP contribution in [0.1, 0.15) is 79.0 Å². The molecule has 0 unspecified atom stereocenters. The molecule has 0 amide bonds. The summed E-state index contributed by atoms with van der Waals surface area (Å²) >= 11 is 0. The molecule has 6 heteroatoms. The molecule has 0 aliphatic heterocycles. The smallest absolute Gasteiger partial charge is 0.123 e. The van der Waals surface area contributed by atoms with Crippen molar-refractivity contribution in [2.24, 2.45) is 0 Å². The summed E-state index contributed by atoms with van der Waals surface area (Å²) in [7, 11) is 0. The van der Waals surface area contributed by atoms with Crippen molar-refractivity contribution in [2.45, 2.75) is 78.6 Å². The van der Waals surface area contributed by atoms with Crippen molar-refractivity contribution in [3.63, 3.8) is 0 Å². The monoisotopic (exact) mass is 852 g/mol. The Kier molecular flexibility index (Phi) is 9.36. The molecule has 0 saturated heterocycles. The van der Waals surface area contributed by atoms with Crippen LogP contribution in [0.3, 0.4) is 0 Å². The summed E-state index contributed by atoms with van der Waals surface area (Å²) < 4.78 is 2.22. The number of phenols is 1. The van der Waals surface area contributed by atoms with Gasteiger partial charge in [-0.2, -0.15) is 0 Å². The molecular formula is C45H45N4OPt-. The van der Waals surface area contributed by atoms with Crippen LogP contribution in [0.4, 0.5) is 0 Å². The molecule has 1 N–H and O–H groups in total. The third-order valence-electron chi connectivity index (χ3n) is 9.63. The maximum atomic E-state index is 11.2. The molecule has 0 atom stereocenters. The summed E-state index contributed by atoms with van der Waals surface area (Å²) in [5.41, 5.74) is 11.6. The molecule has 0 fully saturated rings. The van der Waals surface area contributed by atoms with Gasteiger partial charge in [-0.15, -0.1) is 29.8 Å². The molecule has 2 heterocycles. The molecule has 262 valence electrons. The van der Waals surface area contributed by atoms with Gasteiger partial charge in [-0.05, 0) is 69.3 Å². The van der Waals surface area contributed by atoms with Crippen LogP contribution in [0.2, 0.25) is 0 Å². The zero-order valence-corrected chi connectivity index (χ0v) is 33.1. The van der Waals surface area contributed by atoms with Crippen LogP contribution in [-0.4, -0.2) is 24.6 Å². The van der Waals surface area contributed by atoms with Crippen molar-refractivity contribution in [3.8, 4) is 45.1 Å². The van der Waals surface area contributed by atoms with Crippen LogP contribution < -0.4 is 0 Å². The van der Waals surface area contributed by atoms with Crippen LogP contribution in [0, 0.1) is 6.07 Å². The van der Waals surface area contributed by atoms with Crippen molar-refractivity contribution >= 4 is 21.9 Å². The molecule has 0 aliphatic rings.